The highest BCUT2D eigenvalue weighted by molar-refractivity contribution is 7.14. The zero-order valence-corrected chi connectivity index (χ0v) is 12.4. The fourth-order valence-corrected chi connectivity index (χ4v) is 2.89. The fourth-order valence-electron chi connectivity index (χ4n) is 1.85. The lowest BCUT2D eigenvalue weighted by Crippen LogP contribution is -2.14. The van der Waals surface area contributed by atoms with Crippen LogP contribution in [-0.4, -0.2) is 12.7 Å². The third-order valence-corrected chi connectivity index (χ3v) is 3.64. The highest BCUT2D eigenvalue weighted by atomic mass is 32.1. The molecular formula is C14H23NO2S. The summed E-state index contributed by atoms with van der Waals surface area (Å²) in [5.74, 6) is 0. The number of rotatable bonds is 7. The Kier molecular flexibility index (Phi) is 6.80. The van der Waals surface area contributed by atoms with E-state index in [4.69, 9.17) is 4.74 Å². The van der Waals surface area contributed by atoms with Crippen molar-refractivity contribution < 1.29 is 9.53 Å². The summed E-state index contributed by atoms with van der Waals surface area (Å²) in [5, 5.41) is 5.98. The van der Waals surface area contributed by atoms with Gasteiger partial charge in [-0.25, -0.2) is 4.79 Å². The molecule has 102 valence electrons. The van der Waals surface area contributed by atoms with Crippen molar-refractivity contribution in [1.82, 2.24) is 0 Å². The number of thiophene rings is 1. The lowest BCUT2D eigenvalue weighted by molar-refractivity contribution is 0.162. The summed E-state index contributed by atoms with van der Waals surface area (Å²) >= 11 is 1.61. The van der Waals surface area contributed by atoms with Crippen LogP contribution in [0.3, 0.4) is 0 Å². The topological polar surface area (TPSA) is 38.3 Å². The summed E-state index contributed by atoms with van der Waals surface area (Å²) < 4.78 is 5.05. The van der Waals surface area contributed by atoms with Crippen LogP contribution in [0.1, 0.15) is 51.2 Å². The van der Waals surface area contributed by atoms with Crippen molar-refractivity contribution in [2.45, 2.75) is 52.9 Å². The molecular weight excluding hydrogens is 246 g/mol. The van der Waals surface area contributed by atoms with Crippen LogP contribution in [0.2, 0.25) is 0 Å². The molecule has 0 aliphatic heterocycles. The van der Waals surface area contributed by atoms with Crippen LogP contribution in [0, 0.1) is 0 Å². The lowest BCUT2D eigenvalue weighted by Gasteiger charge is -2.08. The first-order valence-electron chi connectivity index (χ1n) is 6.75. The average molecular weight is 269 g/mol. The fraction of sp³-hybridized carbons (Fsp3) is 0.643. The minimum atomic E-state index is -0.334. The quantitative estimate of drug-likeness (QED) is 0.785. The molecule has 1 heterocycles. The Morgan fingerprint density at radius 2 is 1.94 bits per heavy atom. The van der Waals surface area contributed by atoms with Gasteiger partial charge in [-0.3, -0.25) is 5.32 Å². The second kappa shape index (κ2) is 8.14. The Hall–Kier alpha value is -1.03. The maximum absolute atomic E-state index is 11.6. The summed E-state index contributed by atoms with van der Waals surface area (Å²) in [6.45, 7) is 6.80. The third-order valence-electron chi connectivity index (χ3n) is 2.65. The number of hydrogen-bond acceptors (Lipinski definition) is 3. The molecule has 18 heavy (non-hydrogen) atoms. The van der Waals surface area contributed by atoms with E-state index in [2.05, 4.69) is 24.5 Å². The molecule has 0 bridgehead atoms. The molecule has 0 radical (unpaired) electrons. The number of nitrogens with one attached hydrogen (secondary N) is 1. The largest absolute Gasteiger partial charge is 0.449 e. The molecule has 1 N–H and O–H groups in total. The number of amides is 1. The van der Waals surface area contributed by atoms with Gasteiger partial charge in [0.15, 0.2) is 0 Å². The van der Waals surface area contributed by atoms with E-state index in [1.807, 2.05) is 6.92 Å². The van der Waals surface area contributed by atoms with Crippen LogP contribution in [0.15, 0.2) is 5.38 Å². The summed E-state index contributed by atoms with van der Waals surface area (Å²) in [6, 6.07) is 0. The molecule has 1 rings (SSSR count). The maximum Gasteiger partial charge on any atom is 0.412 e. The molecule has 4 heteroatoms. The van der Waals surface area contributed by atoms with Crippen LogP contribution in [0.5, 0.6) is 0 Å². The number of aryl methyl sites for hydroxylation is 1. The van der Waals surface area contributed by atoms with Crippen LogP contribution >= 0.6 is 11.3 Å². The van der Waals surface area contributed by atoms with Gasteiger partial charge in [0.1, 0.15) is 5.00 Å². The molecule has 0 aromatic carbocycles. The first kappa shape index (κ1) is 15.0. The molecule has 0 saturated carbocycles. The zero-order chi connectivity index (χ0) is 13.4. The highest BCUT2D eigenvalue weighted by Crippen LogP contribution is 2.30. The zero-order valence-electron chi connectivity index (χ0n) is 11.5. The van der Waals surface area contributed by atoms with E-state index >= 15 is 0 Å². The van der Waals surface area contributed by atoms with Gasteiger partial charge in [-0.1, -0.05) is 33.6 Å². The predicted molar refractivity (Wildman–Crippen MR) is 77.6 cm³/mol. The first-order valence-corrected chi connectivity index (χ1v) is 7.63. The number of ether oxygens (including phenoxy) is 1. The van der Waals surface area contributed by atoms with Crippen molar-refractivity contribution in [3.8, 4) is 0 Å². The molecule has 0 spiro atoms. The Labute approximate surface area is 114 Å². The van der Waals surface area contributed by atoms with Crippen molar-refractivity contribution in [1.29, 1.82) is 0 Å². The third kappa shape index (κ3) is 4.33. The van der Waals surface area contributed by atoms with Crippen molar-refractivity contribution in [2.75, 3.05) is 11.9 Å². The van der Waals surface area contributed by atoms with E-state index in [1.165, 1.54) is 11.1 Å². The van der Waals surface area contributed by atoms with Gasteiger partial charge in [-0.2, -0.15) is 0 Å². The lowest BCUT2D eigenvalue weighted by atomic mass is 10.0. The van der Waals surface area contributed by atoms with Crippen molar-refractivity contribution in [2.24, 2.45) is 0 Å². The Bertz CT molecular complexity index is 374. The number of carbonyl (C=O) groups is 1. The van der Waals surface area contributed by atoms with Crippen LogP contribution in [-0.2, 0) is 17.6 Å². The van der Waals surface area contributed by atoms with Crippen LogP contribution < -0.4 is 5.32 Å². The van der Waals surface area contributed by atoms with E-state index in [0.717, 1.165) is 37.1 Å². The van der Waals surface area contributed by atoms with E-state index < -0.39 is 0 Å². The second-order valence-corrected chi connectivity index (χ2v) is 5.21. The molecule has 0 atom stereocenters. The molecule has 1 aromatic heterocycles. The summed E-state index contributed by atoms with van der Waals surface area (Å²) in [5.41, 5.74) is 2.66. The number of hydrogen-bond donors (Lipinski definition) is 1. The minimum Gasteiger partial charge on any atom is -0.449 e. The summed E-state index contributed by atoms with van der Waals surface area (Å²) in [7, 11) is 0. The van der Waals surface area contributed by atoms with Gasteiger partial charge in [-0.15, -0.1) is 11.3 Å². The Balaban J connectivity index is 2.71. The molecule has 0 unspecified atom stereocenters. The summed E-state index contributed by atoms with van der Waals surface area (Å²) in [6.07, 6.45) is 4.83. The standard InChI is InChI=1S/C14H23NO2S/c1-4-7-11-10-18-13(12(11)8-5-2)15-14(16)17-9-6-3/h10H,4-9H2,1-3H3,(H,15,16). The first-order chi connectivity index (χ1) is 8.72. The molecule has 1 aromatic rings. The predicted octanol–water partition coefficient (Wildman–Crippen LogP) is 4.61. The molecule has 0 aliphatic rings. The molecule has 0 aliphatic carbocycles. The van der Waals surface area contributed by atoms with Gasteiger partial charge in [0.25, 0.3) is 0 Å². The van der Waals surface area contributed by atoms with E-state index in [0.29, 0.717) is 6.61 Å². The summed E-state index contributed by atoms with van der Waals surface area (Å²) in [4.78, 5) is 11.6. The minimum absolute atomic E-state index is 0.334. The van der Waals surface area contributed by atoms with Crippen LogP contribution in [0.4, 0.5) is 9.80 Å². The molecule has 0 fully saturated rings. The maximum atomic E-state index is 11.6. The highest BCUT2D eigenvalue weighted by Gasteiger charge is 2.13. The van der Waals surface area contributed by atoms with E-state index in [-0.39, 0.29) is 6.09 Å². The molecule has 0 saturated heterocycles. The number of anilines is 1. The van der Waals surface area contributed by atoms with E-state index in [9.17, 15) is 4.79 Å². The smallest absolute Gasteiger partial charge is 0.412 e. The van der Waals surface area contributed by atoms with Gasteiger partial charge >= 0.3 is 6.09 Å². The number of carbonyl (C=O) groups excluding carboxylic acids is 1. The SMILES string of the molecule is CCCOC(=O)Nc1scc(CCC)c1CCC. The second-order valence-electron chi connectivity index (χ2n) is 4.33. The Morgan fingerprint density at radius 1 is 1.22 bits per heavy atom. The monoisotopic (exact) mass is 269 g/mol. The van der Waals surface area contributed by atoms with E-state index in [1.54, 1.807) is 11.3 Å². The van der Waals surface area contributed by atoms with Gasteiger partial charge in [0.2, 0.25) is 0 Å². The molecule has 1 amide bonds. The van der Waals surface area contributed by atoms with Crippen molar-refractivity contribution >= 4 is 22.4 Å². The van der Waals surface area contributed by atoms with Gasteiger partial charge < -0.3 is 4.74 Å². The van der Waals surface area contributed by atoms with Gasteiger partial charge in [0.05, 0.1) is 6.61 Å². The molecule has 3 nitrogen and oxygen atoms in total. The van der Waals surface area contributed by atoms with Crippen LogP contribution in [0.25, 0.3) is 0 Å². The van der Waals surface area contributed by atoms with Gasteiger partial charge in [-0.05, 0) is 35.8 Å². The van der Waals surface area contributed by atoms with Crippen molar-refractivity contribution in [3.63, 3.8) is 0 Å². The normalized spacial score (nSPS) is 10.4. The Morgan fingerprint density at radius 3 is 2.56 bits per heavy atom. The van der Waals surface area contributed by atoms with Crippen molar-refractivity contribution in [3.05, 3.63) is 16.5 Å². The van der Waals surface area contributed by atoms with Gasteiger partial charge in [0, 0.05) is 0 Å². The average Bonchev–Trinajstić information content (AvgIpc) is 2.71.